The second-order valence-electron chi connectivity index (χ2n) is 6.35. The Balaban J connectivity index is 1.59. The Hall–Kier alpha value is -3.14. The predicted octanol–water partition coefficient (Wildman–Crippen LogP) is 4.18. The molecule has 0 atom stereocenters. The maximum Gasteiger partial charge on any atom is 0.251 e. The SMILES string of the molecule is CCn1c2ccccc2c2cc(C(=O)NCCc3ccncc3)ccc21. The van der Waals surface area contributed by atoms with Crippen LogP contribution in [-0.4, -0.2) is 22.0 Å². The molecule has 0 bridgehead atoms. The highest BCUT2D eigenvalue weighted by molar-refractivity contribution is 6.10. The van der Waals surface area contributed by atoms with Crippen LogP contribution in [0.2, 0.25) is 0 Å². The molecule has 130 valence electrons. The van der Waals surface area contributed by atoms with Crippen LogP contribution >= 0.6 is 0 Å². The van der Waals surface area contributed by atoms with E-state index in [1.807, 2.05) is 30.3 Å². The van der Waals surface area contributed by atoms with Gasteiger partial charge in [-0.3, -0.25) is 9.78 Å². The van der Waals surface area contributed by atoms with Crippen molar-refractivity contribution >= 4 is 27.7 Å². The Bertz CT molecular complexity index is 1070. The van der Waals surface area contributed by atoms with Crippen molar-refractivity contribution in [2.24, 2.45) is 0 Å². The number of rotatable bonds is 5. The third-order valence-corrected chi connectivity index (χ3v) is 4.80. The molecule has 2 aromatic carbocycles. The molecule has 0 saturated heterocycles. The van der Waals surface area contributed by atoms with Crippen molar-refractivity contribution in [3.63, 3.8) is 0 Å². The van der Waals surface area contributed by atoms with Crippen molar-refractivity contribution in [2.75, 3.05) is 6.54 Å². The minimum atomic E-state index is -0.0331. The second-order valence-corrected chi connectivity index (χ2v) is 6.35. The van der Waals surface area contributed by atoms with Crippen LogP contribution in [0.1, 0.15) is 22.8 Å². The molecule has 0 spiro atoms. The fourth-order valence-electron chi connectivity index (χ4n) is 3.51. The fourth-order valence-corrected chi connectivity index (χ4v) is 3.51. The molecule has 4 aromatic rings. The monoisotopic (exact) mass is 343 g/mol. The molecule has 0 aliphatic heterocycles. The van der Waals surface area contributed by atoms with Crippen molar-refractivity contribution < 1.29 is 4.79 Å². The molecule has 4 nitrogen and oxygen atoms in total. The summed E-state index contributed by atoms with van der Waals surface area (Å²) in [7, 11) is 0. The van der Waals surface area contributed by atoms with E-state index in [0.717, 1.165) is 18.4 Å². The first-order valence-electron chi connectivity index (χ1n) is 8.96. The molecule has 0 saturated carbocycles. The highest BCUT2D eigenvalue weighted by Gasteiger charge is 2.12. The lowest BCUT2D eigenvalue weighted by Crippen LogP contribution is -2.25. The van der Waals surface area contributed by atoms with E-state index in [2.05, 4.69) is 46.1 Å². The molecule has 2 aromatic heterocycles. The molecular weight excluding hydrogens is 322 g/mol. The first kappa shape index (κ1) is 16.3. The number of carbonyl (C=O) groups is 1. The van der Waals surface area contributed by atoms with E-state index >= 15 is 0 Å². The number of para-hydroxylation sites is 1. The maximum atomic E-state index is 12.6. The van der Waals surface area contributed by atoms with Gasteiger partial charge in [0.25, 0.3) is 5.91 Å². The van der Waals surface area contributed by atoms with Crippen LogP contribution in [0.5, 0.6) is 0 Å². The third-order valence-electron chi connectivity index (χ3n) is 4.80. The lowest BCUT2D eigenvalue weighted by molar-refractivity contribution is 0.0954. The van der Waals surface area contributed by atoms with E-state index in [0.29, 0.717) is 12.1 Å². The Morgan fingerprint density at radius 2 is 1.77 bits per heavy atom. The number of nitrogens with one attached hydrogen (secondary N) is 1. The zero-order valence-corrected chi connectivity index (χ0v) is 14.8. The average molecular weight is 343 g/mol. The normalized spacial score (nSPS) is 11.1. The van der Waals surface area contributed by atoms with Crippen LogP contribution < -0.4 is 5.32 Å². The highest BCUT2D eigenvalue weighted by atomic mass is 16.1. The average Bonchev–Trinajstić information content (AvgIpc) is 3.01. The number of carbonyl (C=O) groups excluding carboxylic acids is 1. The molecule has 1 N–H and O–H groups in total. The Kier molecular flexibility index (Phi) is 4.40. The first-order valence-corrected chi connectivity index (χ1v) is 8.96. The molecule has 1 amide bonds. The van der Waals surface area contributed by atoms with Gasteiger partial charge in [-0.2, -0.15) is 0 Å². The quantitative estimate of drug-likeness (QED) is 0.591. The van der Waals surface area contributed by atoms with E-state index in [9.17, 15) is 4.79 Å². The van der Waals surface area contributed by atoms with Gasteiger partial charge in [-0.1, -0.05) is 18.2 Å². The Morgan fingerprint density at radius 3 is 2.58 bits per heavy atom. The molecule has 0 aliphatic carbocycles. The van der Waals surface area contributed by atoms with Crippen LogP contribution in [0.4, 0.5) is 0 Å². The summed E-state index contributed by atoms with van der Waals surface area (Å²) in [6.07, 6.45) is 4.34. The van der Waals surface area contributed by atoms with Gasteiger partial charge in [-0.05, 0) is 55.3 Å². The molecule has 0 fully saturated rings. The van der Waals surface area contributed by atoms with Crippen molar-refractivity contribution in [1.82, 2.24) is 14.9 Å². The van der Waals surface area contributed by atoms with Crippen LogP contribution in [-0.2, 0) is 13.0 Å². The Morgan fingerprint density at radius 1 is 1.00 bits per heavy atom. The zero-order chi connectivity index (χ0) is 17.9. The summed E-state index contributed by atoms with van der Waals surface area (Å²) in [5.74, 6) is -0.0331. The van der Waals surface area contributed by atoms with E-state index in [4.69, 9.17) is 0 Å². The zero-order valence-electron chi connectivity index (χ0n) is 14.8. The van der Waals surface area contributed by atoms with E-state index < -0.39 is 0 Å². The predicted molar refractivity (Wildman–Crippen MR) is 105 cm³/mol. The van der Waals surface area contributed by atoms with Crippen LogP contribution in [0, 0.1) is 0 Å². The summed E-state index contributed by atoms with van der Waals surface area (Å²) < 4.78 is 2.29. The van der Waals surface area contributed by atoms with Crippen molar-refractivity contribution in [1.29, 1.82) is 0 Å². The first-order chi connectivity index (χ1) is 12.8. The molecule has 4 rings (SSSR count). The van der Waals surface area contributed by atoms with Gasteiger partial charge < -0.3 is 9.88 Å². The number of fused-ring (bicyclic) bond motifs is 3. The largest absolute Gasteiger partial charge is 0.352 e. The number of nitrogens with zero attached hydrogens (tertiary/aromatic N) is 2. The number of pyridine rings is 1. The number of aryl methyl sites for hydroxylation is 1. The van der Waals surface area contributed by atoms with Gasteiger partial charge in [0.15, 0.2) is 0 Å². The van der Waals surface area contributed by atoms with Gasteiger partial charge in [0.05, 0.1) is 0 Å². The molecule has 0 unspecified atom stereocenters. The molecule has 0 radical (unpaired) electrons. The van der Waals surface area contributed by atoms with Crippen LogP contribution in [0.3, 0.4) is 0 Å². The van der Waals surface area contributed by atoms with Gasteiger partial charge >= 0.3 is 0 Å². The summed E-state index contributed by atoms with van der Waals surface area (Å²) in [5, 5.41) is 5.33. The van der Waals surface area contributed by atoms with Crippen LogP contribution in [0.15, 0.2) is 67.0 Å². The van der Waals surface area contributed by atoms with Gasteiger partial charge in [0.2, 0.25) is 0 Å². The van der Waals surface area contributed by atoms with Crippen LogP contribution in [0.25, 0.3) is 21.8 Å². The minimum Gasteiger partial charge on any atom is -0.352 e. The van der Waals surface area contributed by atoms with Gasteiger partial charge in [0.1, 0.15) is 0 Å². The molecule has 2 heterocycles. The van der Waals surface area contributed by atoms with Gasteiger partial charge in [0, 0.05) is 52.9 Å². The second kappa shape index (κ2) is 7.00. The minimum absolute atomic E-state index is 0.0331. The van der Waals surface area contributed by atoms with E-state index in [-0.39, 0.29) is 5.91 Å². The lowest BCUT2D eigenvalue weighted by Gasteiger charge is -2.06. The number of aromatic nitrogens is 2. The molecular formula is C22H21N3O. The molecule has 0 aliphatic rings. The summed E-state index contributed by atoms with van der Waals surface area (Å²) in [4.78, 5) is 16.6. The van der Waals surface area contributed by atoms with E-state index in [1.165, 1.54) is 22.0 Å². The topological polar surface area (TPSA) is 46.9 Å². The van der Waals surface area contributed by atoms with Gasteiger partial charge in [-0.15, -0.1) is 0 Å². The number of benzene rings is 2. The third kappa shape index (κ3) is 2.94. The molecule has 4 heteroatoms. The standard InChI is InChI=1S/C22H21N3O/c1-2-25-20-6-4-3-5-18(20)19-15-17(7-8-21(19)25)22(26)24-14-11-16-9-12-23-13-10-16/h3-10,12-13,15H,2,11,14H2,1H3,(H,24,26). The summed E-state index contributed by atoms with van der Waals surface area (Å²) >= 11 is 0. The number of hydrogen-bond donors (Lipinski definition) is 1. The summed E-state index contributed by atoms with van der Waals surface area (Å²) in [6.45, 7) is 3.66. The smallest absolute Gasteiger partial charge is 0.251 e. The molecule has 26 heavy (non-hydrogen) atoms. The number of amides is 1. The van der Waals surface area contributed by atoms with Gasteiger partial charge in [-0.25, -0.2) is 0 Å². The Labute approximate surface area is 152 Å². The van der Waals surface area contributed by atoms with E-state index in [1.54, 1.807) is 12.4 Å². The maximum absolute atomic E-state index is 12.6. The fraction of sp³-hybridized carbons (Fsp3) is 0.182. The highest BCUT2D eigenvalue weighted by Crippen LogP contribution is 2.29. The summed E-state index contributed by atoms with van der Waals surface area (Å²) in [5.41, 5.74) is 4.25. The summed E-state index contributed by atoms with van der Waals surface area (Å²) in [6, 6.07) is 18.3. The lowest BCUT2D eigenvalue weighted by atomic mass is 10.1. The number of hydrogen-bond acceptors (Lipinski definition) is 2. The van der Waals surface area contributed by atoms with Crippen molar-refractivity contribution in [3.8, 4) is 0 Å². The van der Waals surface area contributed by atoms with Crippen molar-refractivity contribution in [3.05, 3.63) is 78.1 Å². The van der Waals surface area contributed by atoms with Crippen molar-refractivity contribution in [2.45, 2.75) is 19.9 Å².